The van der Waals surface area contributed by atoms with Crippen LogP contribution in [0, 0.1) is 18.6 Å². The number of aryl methyl sites for hydroxylation is 1. The number of ketones is 1. The van der Waals surface area contributed by atoms with Crippen molar-refractivity contribution < 1.29 is 23.1 Å². The number of hydrogen-bond acceptors (Lipinski definition) is 3. The van der Waals surface area contributed by atoms with E-state index in [2.05, 4.69) is 0 Å². The average molecular weight is 385 g/mol. The first-order chi connectivity index (χ1) is 13.4. The molecular weight excluding hydrogens is 364 g/mol. The first kappa shape index (κ1) is 18.6. The van der Waals surface area contributed by atoms with E-state index in [0.717, 1.165) is 6.07 Å². The molecule has 0 N–H and O–H groups in total. The highest BCUT2D eigenvalue weighted by atomic mass is 19.1. The van der Waals surface area contributed by atoms with E-state index in [9.17, 15) is 18.4 Å². The Kier molecular flexibility index (Phi) is 4.65. The van der Waals surface area contributed by atoms with E-state index in [1.54, 1.807) is 18.2 Å². The first-order valence-corrected chi connectivity index (χ1v) is 9.45. The number of carbonyl (C=O) groups is 2. The Bertz CT molecular complexity index is 959. The summed E-state index contributed by atoms with van der Waals surface area (Å²) < 4.78 is 34.7. The van der Waals surface area contributed by atoms with Crippen molar-refractivity contribution in [1.82, 2.24) is 4.90 Å². The highest BCUT2D eigenvalue weighted by Gasteiger charge is 2.42. The van der Waals surface area contributed by atoms with Crippen LogP contribution < -0.4 is 4.74 Å². The number of likely N-dealkylation sites (tertiary alicyclic amines) is 1. The van der Waals surface area contributed by atoms with E-state index < -0.39 is 28.7 Å². The number of rotatable bonds is 1. The van der Waals surface area contributed by atoms with Gasteiger partial charge in [-0.3, -0.25) is 9.59 Å². The van der Waals surface area contributed by atoms with Crippen LogP contribution in [-0.4, -0.2) is 35.3 Å². The Morgan fingerprint density at radius 2 is 1.89 bits per heavy atom. The molecule has 2 heterocycles. The second-order valence-electron chi connectivity index (χ2n) is 7.58. The van der Waals surface area contributed by atoms with E-state index in [4.69, 9.17) is 4.74 Å². The van der Waals surface area contributed by atoms with Gasteiger partial charge in [0.05, 0.1) is 12.0 Å². The van der Waals surface area contributed by atoms with E-state index in [1.807, 2.05) is 6.07 Å². The molecule has 4 rings (SSSR count). The molecule has 1 unspecified atom stereocenters. The van der Waals surface area contributed by atoms with E-state index in [1.165, 1.54) is 17.9 Å². The van der Waals surface area contributed by atoms with Crippen LogP contribution in [0.3, 0.4) is 0 Å². The molecule has 0 bridgehead atoms. The van der Waals surface area contributed by atoms with Crippen molar-refractivity contribution in [3.05, 3.63) is 64.7 Å². The summed E-state index contributed by atoms with van der Waals surface area (Å²) in [6, 6.07) is 9.58. The number of para-hydroxylation sites is 1. The zero-order chi connectivity index (χ0) is 19.9. The molecule has 0 aromatic heterocycles. The van der Waals surface area contributed by atoms with E-state index in [-0.39, 0.29) is 24.3 Å². The van der Waals surface area contributed by atoms with Crippen LogP contribution in [0.4, 0.5) is 8.78 Å². The van der Waals surface area contributed by atoms with Gasteiger partial charge in [-0.1, -0.05) is 18.2 Å². The Balaban J connectivity index is 1.56. The van der Waals surface area contributed by atoms with Crippen molar-refractivity contribution in [2.24, 2.45) is 0 Å². The standard InChI is InChI=1S/C22H21F2NO3/c1-14-7-8-16(23)19(20(14)24)21(27)25-11-4-9-22(10-12-25)13-17(26)15-5-2-3-6-18(15)28-22/h2-3,5-8H,4,9-13H2,1H3. The molecule has 146 valence electrons. The third-order valence-corrected chi connectivity index (χ3v) is 5.68. The minimum atomic E-state index is -0.856. The number of carbonyl (C=O) groups excluding carboxylic acids is 2. The van der Waals surface area contributed by atoms with Crippen LogP contribution in [-0.2, 0) is 0 Å². The molecule has 0 aliphatic carbocycles. The lowest BCUT2D eigenvalue weighted by atomic mass is 9.84. The molecule has 4 nitrogen and oxygen atoms in total. The van der Waals surface area contributed by atoms with Crippen LogP contribution in [0.15, 0.2) is 36.4 Å². The molecule has 1 spiro atoms. The molecular formula is C22H21F2NO3. The summed E-state index contributed by atoms with van der Waals surface area (Å²) in [6.07, 6.45) is 1.89. The van der Waals surface area contributed by atoms with Gasteiger partial charge in [0, 0.05) is 19.5 Å². The summed E-state index contributed by atoms with van der Waals surface area (Å²) in [4.78, 5) is 26.9. The highest BCUT2D eigenvalue weighted by molar-refractivity contribution is 6.00. The van der Waals surface area contributed by atoms with E-state index >= 15 is 0 Å². The van der Waals surface area contributed by atoms with Gasteiger partial charge in [-0.2, -0.15) is 0 Å². The summed E-state index contributed by atoms with van der Waals surface area (Å²) in [5, 5.41) is 0. The zero-order valence-electron chi connectivity index (χ0n) is 15.6. The predicted molar refractivity (Wildman–Crippen MR) is 99.6 cm³/mol. The van der Waals surface area contributed by atoms with Gasteiger partial charge in [0.25, 0.3) is 5.91 Å². The lowest BCUT2D eigenvalue weighted by Crippen LogP contribution is -2.43. The van der Waals surface area contributed by atoms with Crippen molar-refractivity contribution >= 4 is 11.7 Å². The molecule has 2 aromatic carbocycles. The second-order valence-corrected chi connectivity index (χ2v) is 7.58. The fourth-order valence-corrected chi connectivity index (χ4v) is 4.10. The molecule has 2 aliphatic heterocycles. The Labute approximate surface area is 162 Å². The SMILES string of the molecule is Cc1ccc(F)c(C(=O)N2CCCC3(CC2)CC(=O)c2ccccc2O3)c1F. The fourth-order valence-electron chi connectivity index (χ4n) is 4.10. The summed E-state index contributed by atoms with van der Waals surface area (Å²) in [5.74, 6) is -1.74. The van der Waals surface area contributed by atoms with Crippen LogP contribution in [0.2, 0.25) is 0 Å². The largest absolute Gasteiger partial charge is 0.486 e. The third kappa shape index (κ3) is 3.17. The summed E-state index contributed by atoms with van der Waals surface area (Å²) in [7, 11) is 0. The highest BCUT2D eigenvalue weighted by Crippen LogP contribution is 2.39. The summed E-state index contributed by atoms with van der Waals surface area (Å²) in [6.45, 7) is 2.15. The molecule has 1 fully saturated rings. The maximum atomic E-state index is 14.4. The predicted octanol–water partition coefficient (Wildman–Crippen LogP) is 4.30. The Hall–Kier alpha value is -2.76. The topological polar surface area (TPSA) is 46.6 Å². The van der Waals surface area contributed by atoms with Gasteiger partial charge in [-0.25, -0.2) is 8.78 Å². The molecule has 2 aliphatic rings. The number of nitrogens with zero attached hydrogens (tertiary/aromatic N) is 1. The van der Waals surface area contributed by atoms with Gasteiger partial charge in [0.2, 0.25) is 0 Å². The van der Waals surface area contributed by atoms with Gasteiger partial charge >= 0.3 is 0 Å². The monoisotopic (exact) mass is 385 g/mol. The van der Waals surface area contributed by atoms with Crippen LogP contribution in [0.25, 0.3) is 0 Å². The third-order valence-electron chi connectivity index (χ3n) is 5.68. The van der Waals surface area contributed by atoms with Gasteiger partial charge < -0.3 is 9.64 Å². The molecule has 1 saturated heterocycles. The Morgan fingerprint density at radius 1 is 1.11 bits per heavy atom. The van der Waals surface area contributed by atoms with Crippen LogP contribution in [0.5, 0.6) is 5.75 Å². The van der Waals surface area contributed by atoms with Crippen molar-refractivity contribution in [2.75, 3.05) is 13.1 Å². The molecule has 1 atom stereocenters. The smallest absolute Gasteiger partial charge is 0.259 e. The number of fused-ring (bicyclic) bond motifs is 1. The van der Waals surface area contributed by atoms with Crippen molar-refractivity contribution in [3.8, 4) is 5.75 Å². The molecule has 6 heteroatoms. The molecule has 0 radical (unpaired) electrons. The van der Waals surface area contributed by atoms with Crippen molar-refractivity contribution in [2.45, 2.75) is 38.2 Å². The van der Waals surface area contributed by atoms with Crippen molar-refractivity contribution in [3.63, 3.8) is 0 Å². The number of hydrogen-bond donors (Lipinski definition) is 0. The molecule has 2 aromatic rings. The maximum Gasteiger partial charge on any atom is 0.259 e. The van der Waals surface area contributed by atoms with Crippen molar-refractivity contribution in [1.29, 1.82) is 0 Å². The number of ether oxygens (including phenoxy) is 1. The summed E-state index contributed by atoms with van der Waals surface area (Å²) >= 11 is 0. The molecule has 1 amide bonds. The van der Waals surface area contributed by atoms with Crippen LogP contribution >= 0.6 is 0 Å². The number of halogens is 2. The minimum Gasteiger partial charge on any atom is -0.486 e. The average Bonchev–Trinajstić information content (AvgIpc) is 2.87. The zero-order valence-corrected chi connectivity index (χ0v) is 15.6. The Morgan fingerprint density at radius 3 is 2.71 bits per heavy atom. The van der Waals surface area contributed by atoms with E-state index in [0.29, 0.717) is 37.1 Å². The van der Waals surface area contributed by atoms with Gasteiger partial charge in [-0.15, -0.1) is 0 Å². The number of benzene rings is 2. The van der Waals surface area contributed by atoms with Gasteiger partial charge in [-0.05, 0) is 43.5 Å². The van der Waals surface area contributed by atoms with Crippen LogP contribution in [0.1, 0.15) is 52.0 Å². The fraction of sp³-hybridized carbons (Fsp3) is 0.364. The molecule has 0 saturated carbocycles. The lowest BCUT2D eigenvalue weighted by Gasteiger charge is -2.37. The van der Waals surface area contributed by atoms with Gasteiger partial charge in [0.1, 0.15) is 28.5 Å². The second kappa shape index (κ2) is 7.00. The number of amides is 1. The first-order valence-electron chi connectivity index (χ1n) is 9.45. The van der Waals surface area contributed by atoms with Gasteiger partial charge in [0.15, 0.2) is 5.78 Å². The number of Topliss-reactive ketones (excluding diaryl/α,β-unsaturated/α-hetero) is 1. The maximum absolute atomic E-state index is 14.4. The molecule has 28 heavy (non-hydrogen) atoms. The minimum absolute atomic E-state index is 0.0254. The quantitative estimate of drug-likeness (QED) is 0.735. The summed E-state index contributed by atoms with van der Waals surface area (Å²) in [5.41, 5.74) is -0.380. The normalized spacial score (nSPS) is 21.8. The lowest BCUT2D eigenvalue weighted by molar-refractivity contribution is 0.0300.